The molecule has 0 saturated heterocycles. The second-order valence-electron chi connectivity index (χ2n) is 4.01. The summed E-state index contributed by atoms with van der Waals surface area (Å²) in [5, 5.41) is 13.0. The zero-order valence-electron chi connectivity index (χ0n) is 10.1. The minimum atomic E-state index is -1.12. The standard InChI is InChI=1S/C13H11BrFNO3/c1-2-3-10-11(13(17)18)12(16-19-10)7-4-5-8(14)9(15)6-7/h4-6H,2-3H2,1H3,(H,17,18). The molecule has 0 aliphatic carbocycles. The Bertz CT molecular complexity index is 624. The highest BCUT2D eigenvalue weighted by Gasteiger charge is 2.23. The number of halogens is 2. The van der Waals surface area contributed by atoms with E-state index in [1.807, 2.05) is 6.92 Å². The summed E-state index contributed by atoms with van der Waals surface area (Å²) in [6.07, 6.45) is 1.22. The number of carboxylic acids is 1. The maximum Gasteiger partial charge on any atom is 0.341 e. The lowest BCUT2D eigenvalue weighted by atomic mass is 10.0. The summed E-state index contributed by atoms with van der Waals surface area (Å²) >= 11 is 3.04. The SMILES string of the molecule is CCCc1onc(-c2ccc(Br)c(F)c2)c1C(=O)O. The van der Waals surface area contributed by atoms with E-state index in [2.05, 4.69) is 21.1 Å². The fraction of sp³-hybridized carbons (Fsp3) is 0.231. The summed E-state index contributed by atoms with van der Waals surface area (Å²) in [6.45, 7) is 1.91. The van der Waals surface area contributed by atoms with Crippen LogP contribution in [0.4, 0.5) is 4.39 Å². The maximum absolute atomic E-state index is 13.5. The number of carbonyl (C=O) groups is 1. The topological polar surface area (TPSA) is 63.3 Å². The van der Waals surface area contributed by atoms with Gasteiger partial charge in [-0.1, -0.05) is 18.1 Å². The second kappa shape index (κ2) is 5.52. The van der Waals surface area contributed by atoms with Gasteiger partial charge in [-0.05, 0) is 34.5 Å². The first-order valence-corrected chi connectivity index (χ1v) is 6.51. The van der Waals surface area contributed by atoms with E-state index < -0.39 is 11.8 Å². The summed E-state index contributed by atoms with van der Waals surface area (Å²) in [7, 11) is 0. The van der Waals surface area contributed by atoms with Crippen LogP contribution in [0.3, 0.4) is 0 Å². The largest absolute Gasteiger partial charge is 0.477 e. The molecule has 1 heterocycles. The number of rotatable bonds is 4. The minimum Gasteiger partial charge on any atom is -0.477 e. The van der Waals surface area contributed by atoms with Gasteiger partial charge in [0.1, 0.15) is 17.1 Å². The van der Waals surface area contributed by atoms with Crippen molar-refractivity contribution in [1.29, 1.82) is 0 Å². The third-order valence-corrected chi connectivity index (χ3v) is 3.29. The van der Waals surface area contributed by atoms with Crippen LogP contribution in [0.5, 0.6) is 0 Å². The van der Waals surface area contributed by atoms with Crippen molar-refractivity contribution in [2.75, 3.05) is 0 Å². The second-order valence-corrected chi connectivity index (χ2v) is 4.87. The number of carboxylic acid groups (broad SMARTS) is 1. The number of aromatic carboxylic acids is 1. The smallest absolute Gasteiger partial charge is 0.341 e. The molecule has 0 spiro atoms. The van der Waals surface area contributed by atoms with Crippen LogP contribution in [0.25, 0.3) is 11.3 Å². The van der Waals surface area contributed by atoms with Crippen LogP contribution in [0.1, 0.15) is 29.5 Å². The van der Waals surface area contributed by atoms with Crippen molar-refractivity contribution in [3.63, 3.8) is 0 Å². The molecule has 0 atom stereocenters. The summed E-state index contributed by atoms with van der Waals surface area (Å²) in [5.74, 6) is -1.29. The minimum absolute atomic E-state index is 0.00331. The Morgan fingerprint density at radius 3 is 2.84 bits per heavy atom. The number of hydrogen-bond donors (Lipinski definition) is 1. The molecule has 2 aromatic rings. The van der Waals surface area contributed by atoms with E-state index in [0.29, 0.717) is 22.2 Å². The van der Waals surface area contributed by atoms with Crippen molar-refractivity contribution in [1.82, 2.24) is 5.16 Å². The third kappa shape index (κ3) is 2.68. The fourth-order valence-electron chi connectivity index (χ4n) is 1.78. The van der Waals surface area contributed by atoms with Crippen LogP contribution in [-0.4, -0.2) is 16.2 Å². The molecule has 1 aromatic heterocycles. The van der Waals surface area contributed by atoms with E-state index >= 15 is 0 Å². The van der Waals surface area contributed by atoms with Crippen molar-refractivity contribution >= 4 is 21.9 Å². The first-order chi connectivity index (χ1) is 9.04. The molecule has 19 heavy (non-hydrogen) atoms. The highest BCUT2D eigenvalue weighted by atomic mass is 79.9. The molecule has 0 saturated carbocycles. The maximum atomic E-state index is 13.5. The van der Waals surface area contributed by atoms with Crippen LogP contribution in [-0.2, 0) is 6.42 Å². The molecule has 2 rings (SSSR count). The van der Waals surface area contributed by atoms with Crippen LogP contribution in [0.15, 0.2) is 27.2 Å². The average Bonchev–Trinajstić information content (AvgIpc) is 2.77. The molecule has 0 aliphatic rings. The van der Waals surface area contributed by atoms with Crippen LogP contribution in [0.2, 0.25) is 0 Å². The molecule has 6 heteroatoms. The van der Waals surface area contributed by atoms with E-state index in [0.717, 1.165) is 6.42 Å². The predicted octanol–water partition coefficient (Wildman–Crippen LogP) is 3.89. The van der Waals surface area contributed by atoms with Gasteiger partial charge in [-0.25, -0.2) is 9.18 Å². The van der Waals surface area contributed by atoms with Gasteiger partial charge in [0.05, 0.1) is 4.47 Å². The van der Waals surface area contributed by atoms with Gasteiger partial charge in [-0.3, -0.25) is 0 Å². The molecule has 0 amide bonds. The number of aryl methyl sites for hydroxylation is 1. The summed E-state index contributed by atoms with van der Waals surface area (Å²) in [4.78, 5) is 11.3. The Kier molecular flexibility index (Phi) is 3.99. The Labute approximate surface area is 117 Å². The van der Waals surface area contributed by atoms with E-state index in [1.165, 1.54) is 12.1 Å². The zero-order valence-corrected chi connectivity index (χ0v) is 11.7. The molecule has 0 aliphatic heterocycles. The first-order valence-electron chi connectivity index (χ1n) is 5.71. The van der Waals surface area contributed by atoms with Crippen LogP contribution >= 0.6 is 15.9 Å². The van der Waals surface area contributed by atoms with Gasteiger partial charge in [0.2, 0.25) is 0 Å². The van der Waals surface area contributed by atoms with E-state index in [-0.39, 0.29) is 11.3 Å². The summed E-state index contributed by atoms with van der Waals surface area (Å²) < 4.78 is 18.9. The van der Waals surface area contributed by atoms with E-state index in [4.69, 9.17) is 4.52 Å². The Morgan fingerprint density at radius 2 is 2.26 bits per heavy atom. The van der Waals surface area contributed by atoms with Gasteiger partial charge in [0, 0.05) is 12.0 Å². The number of nitrogens with zero attached hydrogens (tertiary/aromatic N) is 1. The molecule has 4 nitrogen and oxygen atoms in total. The van der Waals surface area contributed by atoms with Crippen LogP contribution < -0.4 is 0 Å². The highest BCUT2D eigenvalue weighted by Crippen LogP contribution is 2.29. The Hall–Kier alpha value is -1.69. The molecule has 0 radical (unpaired) electrons. The molecular formula is C13H11BrFNO3. The lowest BCUT2D eigenvalue weighted by Gasteiger charge is -2.00. The van der Waals surface area contributed by atoms with E-state index in [1.54, 1.807) is 6.07 Å². The van der Waals surface area contributed by atoms with Crippen molar-refractivity contribution in [3.05, 3.63) is 39.8 Å². The molecule has 0 bridgehead atoms. The zero-order chi connectivity index (χ0) is 14.0. The van der Waals surface area contributed by atoms with Gasteiger partial charge in [0.25, 0.3) is 0 Å². The molecule has 1 aromatic carbocycles. The van der Waals surface area contributed by atoms with Gasteiger partial charge in [0.15, 0.2) is 5.76 Å². The lowest BCUT2D eigenvalue weighted by molar-refractivity contribution is 0.0695. The first kappa shape index (κ1) is 13.7. The monoisotopic (exact) mass is 327 g/mol. The molecule has 1 N–H and O–H groups in total. The molecular weight excluding hydrogens is 317 g/mol. The lowest BCUT2D eigenvalue weighted by Crippen LogP contribution is -2.01. The van der Waals surface area contributed by atoms with Gasteiger partial charge in [-0.2, -0.15) is 0 Å². The molecule has 0 fully saturated rings. The van der Waals surface area contributed by atoms with Crippen molar-refractivity contribution in [2.24, 2.45) is 0 Å². The highest BCUT2D eigenvalue weighted by molar-refractivity contribution is 9.10. The number of hydrogen-bond acceptors (Lipinski definition) is 3. The van der Waals surface area contributed by atoms with Crippen molar-refractivity contribution in [2.45, 2.75) is 19.8 Å². The molecule has 0 unspecified atom stereocenters. The quantitative estimate of drug-likeness (QED) is 0.925. The van der Waals surface area contributed by atoms with Gasteiger partial charge >= 0.3 is 5.97 Å². The normalized spacial score (nSPS) is 10.7. The average molecular weight is 328 g/mol. The van der Waals surface area contributed by atoms with Crippen molar-refractivity contribution in [3.8, 4) is 11.3 Å². The van der Waals surface area contributed by atoms with E-state index in [9.17, 15) is 14.3 Å². The third-order valence-electron chi connectivity index (χ3n) is 2.65. The number of benzene rings is 1. The summed E-state index contributed by atoms with van der Waals surface area (Å²) in [6, 6.07) is 4.32. The van der Waals surface area contributed by atoms with Crippen LogP contribution in [0, 0.1) is 5.82 Å². The summed E-state index contributed by atoms with van der Waals surface area (Å²) in [5.41, 5.74) is 0.537. The Balaban J connectivity index is 2.55. The Morgan fingerprint density at radius 1 is 1.53 bits per heavy atom. The predicted molar refractivity (Wildman–Crippen MR) is 70.6 cm³/mol. The fourth-order valence-corrected chi connectivity index (χ4v) is 2.03. The number of aromatic nitrogens is 1. The van der Waals surface area contributed by atoms with Crippen molar-refractivity contribution < 1.29 is 18.8 Å². The van der Waals surface area contributed by atoms with Gasteiger partial charge in [-0.15, -0.1) is 0 Å². The van der Waals surface area contributed by atoms with Gasteiger partial charge < -0.3 is 9.63 Å². The molecule has 100 valence electrons.